The lowest BCUT2D eigenvalue weighted by Gasteiger charge is -2.40. The third-order valence-corrected chi connectivity index (χ3v) is 3.64. The molecule has 0 radical (unpaired) electrons. The van der Waals surface area contributed by atoms with Crippen LogP contribution in [0.1, 0.15) is 38.3 Å². The molecule has 2 rings (SSSR count). The molecule has 4 nitrogen and oxygen atoms in total. The van der Waals surface area contributed by atoms with E-state index in [1.165, 1.54) is 0 Å². The van der Waals surface area contributed by atoms with E-state index in [0.717, 1.165) is 31.1 Å². The highest BCUT2D eigenvalue weighted by molar-refractivity contribution is 5.12. The zero-order valence-electron chi connectivity index (χ0n) is 11.6. The fourth-order valence-corrected chi connectivity index (χ4v) is 2.54. The van der Waals surface area contributed by atoms with Crippen molar-refractivity contribution in [2.75, 3.05) is 19.7 Å². The van der Waals surface area contributed by atoms with Crippen LogP contribution in [-0.4, -0.2) is 36.7 Å². The summed E-state index contributed by atoms with van der Waals surface area (Å²) in [7, 11) is 0. The van der Waals surface area contributed by atoms with Gasteiger partial charge in [-0.15, -0.1) is 0 Å². The highest BCUT2D eigenvalue weighted by atomic mass is 16.5. The lowest BCUT2D eigenvalue weighted by atomic mass is 10.1. The van der Waals surface area contributed by atoms with Gasteiger partial charge in [0.15, 0.2) is 0 Å². The second kappa shape index (κ2) is 5.87. The Bertz CT molecular complexity index is 378. The van der Waals surface area contributed by atoms with Gasteiger partial charge in [-0.2, -0.15) is 0 Å². The first-order valence-electron chi connectivity index (χ1n) is 6.81. The van der Waals surface area contributed by atoms with Crippen molar-refractivity contribution in [1.29, 1.82) is 0 Å². The van der Waals surface area contributed by atoms with Crippen LogP contribution >= 0.6 is 0 Å². The highest BCUT2D eigenvalue weighted by Crippen LogP contribution is 2.27. The fourth-order valence-electron chi connectivity index (χ4n) is 2.54. The molecule has 1 fully saturated rings. The number of nitrogens with two attached hydrogens (primary N) is 1. The van der Waals surface area contributed by atoms with Crippen LogP contribution in [0.2, 0.25) is 0 Å². The van der Waals surface area contributed by atoms with Crippen molar-refractivity contribution in [2.24, 2.45) is 5.73 Å². The van der Waals surface area contributed by atoms with Crippen molar-refractivity contribution in [3.05, 3.63) is 23.7 Å². The van der Waals surface area contributed by atoms with Crippen LogP contribution in [0.25, 0.3) is 0 Å². The normalized spacial score (nSPS) is 27.3. The Morgan fingerprint density at radius 1 is 1.44 bits per heavy atom. The molecule has 1 aliphatic heterocycles. The molecule has 4 heteroatoms. The van der Waals surface area contributed by atoms with Gasteiger partial charge in [0.05, 0.1) is 18.8 Å². The molecular weight excluding hydrogens is 228 g/mol. The predicted octanol–water partition coefficient (Wildman–Crippen LogP) is 1.95. The van der Waals surface area contributed by atoms with Gasteiger partial charge in [0.2, 0.25) is 0 Å². The molecule has 1 aromatic rings. The highest BCUT2D eigenvalue weighted by Gasteiger charge is 2.31. The van der Waals surface area contributed by atoms with Crippen LogP contribution in [0.4, 0.5) is 0 Å². The largest absolute Gasteiger partial charge is 0.464 e. The summed E-state index contributed by atoms with van der Waals surface area (Å²) in [6, 6.07) is 4.65. The predicted molar refractivity (Wildman–Crippen MR) is 71.5 cm³/mol. The number of rotatable bonds is 4. The summed E-state index contributed by atoms with van der Waals surface area (Å²) >= 11 is 0. The van der Waals surface area contributed by atoms with Crippen LogP contribution in [-0.2, 0) is 11.2 Å². The molecule has 0 aromatic carbocycles. The lowest BCUT2D eigenvalue weighted by Crippen LogP contribution is -2.50. The first kappa shape index (κ1) is 13.6. The maximum Gasteiger partial charge on any atom is 0.122 e. The Morgan fingerprint density at radius 3 is 2.83 bits per heavy atom. The Morgan fingerprint density at radius 2 is 2.22 bits per heavy atom. The molecule has 2 heterocycles. The molecule has 102 valence electrons. The lowest BCUT2D eigenvalue weighted by molar-refractivity contribution is -0.0682. The van der Waals surface area contributed by atoms with E-state index in [9.17, 15) is 0 Å². The number of ether oxygens (including phenoxy) is 1. The zero-order valence-corrected chi connectivity index (χ0v) is 11.6. The second-order valence-corrected chi connectivity index (χ2v) is 5.10. The van der Waals surface area contributed by atoms with Gasteiger partial charge in [-0.3, -0.25) is 4.90 Å². The molecule has 3 unspecified atom stereocenters. The molecule has 1 aliphatic rings. The molecule has 3 atom stereocenters. The minimum absolute atomic E-state index is 0.159. The minimum Gasteiger partial charge on any atom is -0.464 e. The Labute approximate surface area is 109 Å². The summed E-state index contributed by atoms with van der Waals surface area (Å²) in [6.45, 7) is 8.63. The van der Waals surface area contributed by atoms with Crippen LogP contribution < -0.4 is 5.73 Å². The summed E-state index contributed by atoms with van der Waals surface area (Å²) in [5, 5.41) is 0. The third kappa shape index (κ3) is 2.76. The van der Waals surface area contributed by atoms with Crippen molar-refractivity contribution in [3.8, 4) is 0 Å². The summed E-state index contributed by atoms with van der Waals surface area (Å²) < 4.78 is 11.5. The third-order valence-electron chi connectivity index (χ3n) is 3.64. The average molecular weight is 252 g/mol. The molecule has 18 heavy (non-hydrogen) atoms. The molecule has 2 N–H and O–H groups in total. The first-order valence-corrected chi connectivity index (χ1v) is 6.81. The van der Waals surface area contributed by atoms with Crippen molar-refractivity contribution < 1.29 is 9.15 Å². The standard InChI is InChI=1S/C14H24N2O2/c1-4-12-5-6-14(18-12)13(7-15)16-8-11(3)17-9-10(16)2/h5-6,10-11,13H,4,7-9,15H2,1-3H3. The monoisotopic (exact) mass is 252 g/mol. The number of nitrogens with zero attached hydrogens (tertiary/aromatic N) is 1. The van der Waals surface area contributed by atoms with E-state index in [1.807, 2.05) is 6.07 Å². The van der Waals surface area contributed by atoms with E-state index in [-0.39, 0.29) is 12.1 Å². The molecule has 1 saturated heterocycles. The van der Waals surface area contributed by atoms with Gasteiger partial charge in [0, 0.05) is 25.6 Å². The van der Waals surface area contributed by atoms with Crippen LogP contribution in [0.3, 0.4) is 0 Å². The molecule has 0 saturated carbocycles. The maximum absolute atomic E-state index is 5.95. The topological polar surface area (TPSA) is 51.6 Å². The minimum atomic E-state index is 0.159. The SMILES string of the molecule is CCc1ccc(C(CN)N2CC(C)OCC2C)o1. The Kier molecular flexibility index (Phi) is 4.43. The van der Waals surface area contributed by atoms with Gasteiger partial charge in [-0.05, 0) is 26.0 Å². The van der Waals surface area contributed by atoms with Gasteiger partial charge in [-0.25, -0.2) is 0 Å². The van der Waals surface area contributed by atoms with Gasteiger partial charge < -0.3 is 14.9 Å². The van der Waals surface area contributed by atoms with Crippen molar-refractivity contribution >= 4 is 0 Å². The van der Waals surface area contributed by atoms with E-state index in [2.05, 4.69) is 31.7 Å². The van der Waals surface area contributed by atoms with Crippen LogP contribution in [0.15, 0.2) is 16.5 Å². The Balaban J connectivity index is 2.16. The number of hydrogen-bond donors (Lipinski definition) is 1. The summed E-state index contributed by atoms with van der Waals surface area (Å²) in [4.78, 5) is 2.40. The van der Waals surface area contributed by atoms with E-state index in [4.69, 9.17) is 14.9 Å². The number of hydrogen-bond acceptors (Lipinski definition) is 4. The van der Waals surface area contributed by atoms with Crippen molar-refractivity contribution in [1.82, 2.24) is 4.90 Å². The smallest absolute Gasteiger partial charge is 0.122 e. The van der Waals surface area contributed by atoms with E-state index < -0.39 is 0 Å². The summed E-state index contributed by atoms with van der Waals surface area (Å²) in [5.41, 5.74) is 5.95. The average Bonchev–Trinajstić information content (AvgIpc) is 2.83. The second-order valence-electron chi connectivity index (χ2n) is 5.10. The van der Waals surface area contributed by atoms with Crippen LogP contribution in [0.5, 0.6) is 0 Å². The quantitative estimate of drug-likeness (QED) is 0.890. The van der Waals surface area contributed by atoms with E-state index >= 15 is 0 Å². The maximum atomic E-state index is 5.95. The number of furan rings is 1. The molecular formula is C14H24N2O2. The number of aryl methyl sites for hydroxylation is 1. The molecule has 1 aromatic heterocycles. The van der Waals surface area contributed by atoms with Gasteiger partial charge in [0.25, 0.3) is 0 Å². The zero-order chi connectivity index (χ0) is 13.1. The first-order chi connectivity index (χ1) is 8.65. The molecule has 0 bridgehead atoms. The number of morpholine rings is 1. The van der Waals surface area contributed by atoms with Gasteiger partial charge in [0.1, 0.15) is 11.5 Å². The fraction of sp³-hybridized carbons (Fsp3) is 0.714. The summed E-state index contributed by atoms with van der Waals surface area (Å²) in [5.74, 6) is 2.01. The van der Waals surface area contributed by atoms with Crippen molar-refractivity contribution in [2.45, 2.75) is 45.4 Å². The molecule has 0 spiro atoms. The van der Waals surface area contributed by atoms with Crippen molar-refractivity contribution in [3.63, 3.8) is 0 Å². The summed E-state index contributed by atoms with van der Waals surface area (Å²) in [6.07, 6.45) is 1.18. The van der Waals surface area contributed by atoms with E-state index in [1.54, 1.807) is 0 Å². The van der Waals surface area contributed by atoms with Gasteiger partial charge >= 0.3 is 0 Å². The van der Waals surface area contributed by atoms with Crippen LogP contribution in [0, 0.1) is 0 Å². The van der Waals surface area contributed by atoms with E-state index in [0.29, 0.717) is 12.6 Å². The van der Waals surface area contributed by atoms with Gasteiger partial charge in [-0.1, -0.05) is 6.92 Å². The Hall–Kier alpha value is -0.840. The molecule has 0 aliphatic carbocycles. The molecule has 0 amide bonds.